The van der Waals surface area contributed by atoms with Crippen molar-refractivity contribution in [2.75, 3.05) is 18.1 Å². The number of hydrogen-bond donors (Lipinski definition) is 1. The third kappa shape index (κ3) is 6.32. The predicted octanol–water partition coefficient (Wildman–Crippen LogP) is 3.91. The number of thioether (sulfide) groups is 1. The molecule has 0 unspecified atom stereocenters. The molecule has 0 amide bonds. The van der Waals surface area contributed by atoms with Crippen molar-refractivity contribution in [2.24, 2.45) is 0 Å². The van der Waals surface area contributed by atoms with E-state index in [1.807, 2.05) is 6.08 Å². The van der Waals surface area contributed by atoms with Gasteiger partial charge in [0.05, 0.1) is 0 Å². The molecule has 0 heterocycles. The number of hydrogen-bond acceptors (Lipinski definition) is 2. The lowest BCUT2D eigenvalue weighted by Gasteiger charge is -2.07. The van der Waals surface area contributed by atoms with Crippen LogP contribution >= 0.6 is 35.8 Å². The van der Waals surface area contributed by atoms with Crippen LogP contribution in [0.4, 0.5) is 4.39 Å². The van der Waals surface area contributed by atoms with E-state index in [1.54, 1.807) is 23.9 Å². The van der Waals surface area contributed by atoms with E-state index < -0.39 is 0 Å². The molecule has 0 radical (unpaired) electrons. The van der Waals surface area contributed by atoms with Gasteiger partial charge in [0.15, 0.2) is 0 Å². The summed E-state index contributed by atoms with van der Waals surface area (Å²) in [4.78, 5) is 0. The zero-order chi connectivity index (χ0) is 11.8. The lowest BCUT2D eigenvalue weighted by atomic mass is 10.2. The van der Waals surface area contributed by atoms with Gasteiger partial charge in [-0.05, 0) is 12.1 Å². The van der Waals surface area contributed by atoms with Crippen molar-refractivity contribution in [3.8, 4) is 0 Å². The van der Waals surface area contributed by atoms with Crippen LogP contribution in [-0.4, -0.2) is 18.1 Å². The molecule has 5 heteroatoms. The average molecular weight is 296 g/mol. The summed E-state index contributed by atoms with van der Waals surface area (Å²) in [5, 5.41) is 3.64. The molecule has 0 spiro atoms. The topological polar surface area (TPSA) is 12.0 Å². The molecule has 0 atom stereocenters. The van der Waals surface area contributed by atoms with Gasteiger partial charge in [0.25, 0.3) is 0 Å². The highest BCUT2D eigenvalue weighted by molar-refractivity contribution is 7.99. The van der Waals surface area contributed by atoms with Gasteiger partial charge in [-0.25, -0.2) is 4.39 Å². The summed E-state index contributed by atoms with van der Waals surface area (Å²) < 4.78 is 13.3. The molecule has 0 fully saturated rings. The normalized spacial score (nSPS) is 9.76. The van der Waals surface area contributed by atoms with Gasteiger partial charge in [0.2, 0.25) is 0 Å². The summed E-state index contributed by atoms with van der Waals surface area (Å²) >= 11 is 7.68. The van der Waals surface area contributed by atoms with E-state index in [2.05, 4.69) is 11.9 Å². The Kier molecular flexibility index (Phi) is 9.65. The van der Waals surface area contributed by atoms with Crippen LogP contribution in [0.3, 0.4) is 0 Å². The second kappa shape index (κ2) is 9.77. The number of halogens is 3. The third-order valence-electron chi connectivity index (χ3n) is 2.02. The van der Waals surface area contributed by atoms with E-state index in [1.165, 1.54) is 6.07 Å². The van der Waals surface area contributed by atoms with Crippen molar-refractivity contribution in [3.63, 3.8) is 0 Å². The first-order valence-electron chi connectivity index (χ1n) is 5.08. The van der Waals surface area contributed by atoms with E-state index >= 15 is 0 Å². The summed E-state index contributed by atoms with van der Waals surface area (Å²) in [5.41, 5.74) is 0.540. The van der Waals surface area contributed by atoms with Gasteiger partial charge in [0.1, 0.15) is 5.82 Å². The molecule has 0 aliphatic rings. The monoisotopic (exact) mass is 295 g/mol. The Labute approximate surface area is 117 Å². The molecule has 0 saturated carbocycles. The first-order chi connectivity index (χ1) is 7.75. The molecular weight excluding hydrogens is 280 g/mol. The SMILES string of the molecule is C=CCSCCNCc1c(F)cccc1Cl.Cl. The van der Waals surface area contributed by atoms with Crippen molar-refractivity contribution >= 4 is 35.8 Å². The van der Waals surface area contributed by atoms with Gasteiger partial charge in [-0.1, -0.05) is 23.7 Å². The summed E-state index contributed by atoms with van der Waals surface area (Å²) in [6, 6.07) is 4.74. The van der Waals surface area contributed by atoms with Crippen molar-refractivity contribution in [1.82, 2.24) is 5.32 Å². The first-order valence-corrected chi connectivity index (χ1v) is 6.61. The van der Waals surface area contributed by atoms with Gasteiger partial charge >= 0.3 is 0 Å². The van der Waals surface area contributed by atoms with Crippen LogP contribution in [0.1, 0.15) is 5.56 Å². The Morgan fingerprint density at radius 1 is 1.47 bits per heavy atom. The highest BCUT2D eigenvalue weighted by Crippen LogP contribution is 2.18. The first kappa shape index (κ1) is 16.8. The Hall–Kier alpha value is -0.220. The highest BCUT2D eigenvalue weighted by atomic mass is 35.5. The van der Waals surface area contributed by atoms with Gasteiger partial charge < -0.3 is 5.32 Å². The lowest BCUT2D eigenvalue weighted by Crippen LogP contribution is -2.17. The van der Waals surface area contributed by atoms with Crippen LogP contribution < -0.4 is 5.32 Å². The van der Waals surface area contributed by atoms with Gasteiger partial charge in [0, 0.05) is 35.2 Å². The molecule has 0 saturated heterocycles. The van der Waals surface area contributed by atoms with E-state index in [9.17, 15) is 4.39 Å². The molecule has 17 heavy (non-hydrogen) atoms. The van der Waals surface area contributed by atoms with E-state index in [4.69, 9.17) is 11.6 Å². The van der Waals surface area contributed by atoms with E-state index in [0.717, 1.165) is 18.1 Å². The van der Waals surface area contributed by atoms with Crippen molar-refractivity contribution in [1.29, 1.82) is 0 Å². The fourth-order valence-electron chi connectivity index (χ4n) is 1.23. The molecule has 1 aromatic rings. The van der Waals surface area contributed by atoms with Crippen molar-refractivity contribution in [3.05, 3.63) is 47.3 Å². The Bertz CT molecular complexity index is 327. The van der Waals surface area contributed by atoms with Crippen LogP contribution in [0, 0.1) is 5.82 Å². The van der Waals surface area contributed by atoms with Crippen molar-refractivity contribution in [2.45, 2.75) is 6.54 Å². The third-order valence-corrected chi connectivity index (χ3v) is 3.34. The summed E-state index contributed by atoms with van der Waals surface area (Å²) in [6.45, 7) is 4.95. The second-order valence-corrected chi connectivity index (χ2v) is 4.80. The van der Waals surface area contributed by atoms with Crippen LogP contribution in [0.15, 0.2) is 30.9 Å². The fourth-order valence-corrected chi connectivity index (χ4v) is 2.08. The molecular formula is C12H16Cl2FNS. The molecule has 1 rings (SSSR count). The minimum Gasteiger partial charge on any atom is -0.312 e. The largest absolute Gasteiger partial charge is 0.312 e. The van der Waals surface area contributed by atoms with Crippen LogP contribution in [0.25, 0.3) is 0 Å². The van der Waals surface area contributed by atoms with Crippen LogP contribution in [0.2, 0.25) is 5.02 Å². The predicted molar refractivity (Wildman–Crippen MR) is 77.9 cm³/mol. The molecule has 0 aromatic heterocycles. The Morgan fingerprint density at radius 2 is 2.24 bits per heavy atom. The number of rotatable bonds is 7. The molecule has 0 aliphatic carbocycles. The minimum atomic E-state index is -0.251. The lowest BCUT2D eigenvalue weighted by molar-refractivity contribution is 0.594. The highest BCUT2D eigenvalue weighted by Gasteiger charge is 2.05. The average Bonchev–Trinajstić information content (AvgIpc) is 2.26. The Morgan fingerprint density at radius 3 is 2.88 bits per heavy atom. The maximum Gasteiger partial charge on any atom is 0.129 e. The zero-order valence-electron chi connectivity index (χ0n) is 9.42. The van der Waals surface area contributed by atoms with E-state index in [0.29, 0.717) is 17.1 Å². The summed E-state index contributed by atoms with van der Waals surface area (Å²) in [7, 11) is 0. The molecule has 1 N–H and O–H groups in total. The summed E-state index contributed by atoms with van der Waals surface area (Å²) in [6.07, 6.45) is 1.87. The maximum atomic E-state index is 13.3. The Balaban J connectivity index is 0.00000256. The summed E-state index contributed by atoms with van der Waals surface area (Å²) in [5.74, 6) is 1.68. The molecule has 1 aromatic carbocycles. The van der Waals surface area contributed by atoms with Gasteiger partial charge in [-0.3, -0.25) is 0 Å². The molecule has 1 nitrogen and oxygen atoms in total. The molecule has 0 aliphatic heterocycles. The molecule has 96 valence electrons. The number of benzene rings is 1. The van der Waals surface area contributed by atoms with Crippen LogP contribution in [-0.2, 0) is 6.54 Å². The maximum absolute atomic E-state index is 13.3. The van der Waals surface area contributed by atoms with Crippen LogP contribution in [0.5, 0.6) is 0 Å². The quantitative estimate of drug-likeness (QED) is 0.605. The van der Waals surface area contributed by atoms with E-state index in [-0.39, 0.29) is 18.2 Å². The van der Waals surface area contributed by atoms with Crippen molar-refractivity contribution < 1.29 is 4.39 Å². The van der Waals surface area contributed by atoms with Gasteiger partial charge in [-0.15, -0.1) is 19.0 Å². The van der Waals surface area contributed by atoms with Gasteiger partial charge in [-0.2, -0.15) is 11.8 Å². The minimum absolute atomic E-state index is 0. The standard InChI is InChI=1S/C12H15ClFNS.ClH/c1-2-7-16-8-6-15-9-10-11(13)4-3-5-12(10)14;/h2-5,15H,1,6-9H2;1H. The zero-order valence-corrected chi connectivity index (χ0v) is 11.8. The second-order valence-electron chi connectivity index (χ2n) is 3.24. The fraction of sp³-hybridized carbons (Fsp3) is 0.333. The molecule has 0 bridgehead atoms. The smallest absolute Gasteiger partial charge is 0.129 e. The number of nitrogens with one attached hydrogen (secondary N) is 1.